The van der Waals surface area contributed by atoms with Gasteiger partial charge in [0, 0.05) is 10.0 Å². The molecule has 0 nitrogen and oxygen atoms in total. The molecule has 1 rings (SSSR count). The molecule has 1 unspecified atom stereocenters. The maximum Gasteiger partial charge on any atom is 0.390 e. The topological polar surface area (TPSA) is 0 Å². The van der Waals surface area contributed by atoms with Gasteiger partial charge in [-0.15, -0.1) is 11.6 Å². The Labute approximate surface area is 108 Å². The number of hydrogen-bond acceptors (Lipinski definition) is 0. The van der Waals surface area contributed by atoms with Gasteiger partial charge in [0.25, 0.3) is 0 Å². The van der Waals surface area contributed by atoms with Crippen molar-refractivity contribution in [3.63, 3.8) is 0 Å². The summed E-state index contributed by atoms with van der Waals surface area (Å²) in [6.07, 6.45) is -5.75. The molecule has 0 amide bonds. The van der Waals surface area contributed by atoms with E-state index in [0.717, 1.165) is 12.1 Å². The highest BCUT2D eigenvalue weighted by atomic mass is 79.9. The van der Waals surface area contributed by atoms with Gasteiger partial charge in [0.05, 0.1) is 16.8 Å². The first-order chi connectivity index (χ1) is 7.20. The van der Waals surface area contributed by atoms with E-state index in [1.165, 1.54) is 0 Å². The van der Waals surface area contributed by atoms with Crippen molar-refractivity contribution in [3.8, 4) is 0 Å². The van der Waals surface area contributed by atoms with E-state index in [0.29, 0.717) is 0 Å². The summed E-state index contributed by atoms with van der Waals surface area (Å²) in [6, 6.07) is 2.08. The van der Waals surface area contributed by atoms with Gasteiger partial charge in [-0.2, -0.15) is 13.2 Å². The van der Waals surface area contributed by atoms with E-state index < -0.39 is 23.8 Å². The molecule has 0 aliphatic heterocycles. The summed E-state index contributed by atoms with van der Waals surface area (Å²) < 4.78 is 49.7. The van der Waals surface area contributed by atoms with Gasteiger partial charge in [-0.3, -0.25) is 0 Å². The lowest BCUT2D eigenvalue weighted by Crippen LogP contribution is -2.11. The zero-order valence-electron chi connectivity index (χ0n) is 7.58. The second-order valence-corrected chi connectivity index (χ2v) is 4.86. The predicted molar refractivity (Wildman–Crippen MR) is 58.4 cm³/mol. The lowest BCUT2D eigenvalue weighted by atomic mass is 10.1. The minimum absolute atomic E-state index is 0.115. The Bertz CT molecular complexity index is 392. The molecule has 7 heteroatoms. The fourth-order valence-corrected chi connectivity index (χ4v) is 1.92. The van der Waals surface area contributed by atoms with Gasteiger partial charge in [-0.1, -0.05) is 11.6 Å². The first-order valence-corrected chi connectivity index (χ1v) is 5.66. The maximum absolute atomic E-state index is 13.3. The van der Waals surface area contributed by atoms with Crippen LogP contribution in [0.5, 0.6) is 0 Å². The normalized spacial score (nSPS) is 13.9. The molecule has 1 aromatic rings. The molecule has 0 bridgehead atoms. The fourth-order valence-electron chi connectivity index (χ4n) is 1.09. The molecular formula is C9H5BrCl2F4. The minimum atomic E-state index is -4.45. The first-order valence-electron chi connectivity index (χ1n) is 4.06. The van der Waals surface area contributed by atoms with Crippen LogP contribution in [-0.2, 0) is 0 Å². The van der Waals surface area contributed by atoms with Gasteiger partial charge in [0.1, 0.15) is 5.82 Å². The summed E-state index contributed by atoms with van der Waals surface area (Å²) in [4.78, 5) is 0. The molecule has 0 radical (unpaired) electrons. The highest BCUT2D eigenvalue weighted by Crippen LogP contribution is 2.37. The molecule has 0 heterocycles. The third-order valence-corrected chi connectivity index (χ3v) is 3.37. The van der Waals surface area contributed by atoms with Crippen molar-refractivity contribution in [2.75, 3.05) is 0 Å². The summed E-state index contributed by atoms with van der Waals surface area (Å²) in [5, 5.41) is -1.37. The Hall–Kier alpha value is -0.000000000000000111. The third kappa shape index (κ3) is 3.79. The van der Waals surface area contributed by atoms with Crippen molar-refractivity contribution in [2.24, 2.45) is 0 Å². The number of alkyl halides is 4. The Balaban J connectivity index is 3.00. The van der Waals surface area contributed by atoms with Crippen molar-refractivity contribution in [2.45, 2.75) is 18.0 Å². The molecule has 1 aromatic carbocycles. The molecule has 1 atom stereocenters. The van der Waals surface area contributed by atoms with E-state index in [1.54, 1.807) is 0 Å². The van der Waals surface area contributed by atoms with E-state index in [4.69, 9.17) is 23.2 Å². The van der Waals surface area contributed by atoms with Crippen molar-refractivity contribution in [1.82, 2.24) is 0 Å². The molecule has 0 saturated heterocycles. The summed E-state index contributed by atoms with van der Waals surface area (Å²) in [5.74, 6) is -0.819. The lowest BCUT2D eigenvalue weighted by Gasteiger charge is -2.14. The SMILES string of the molecule is Fc1cc(Br)c(Cl)cc1C(Cl)CC(F)(F)F. The summed E-state index contributed by atoms with van der Waals surface area (Å²) in [7, 11) is 0. The van der Waals surface area contributed by atoms with E-state index in [2.05, 4.69) is 15.9 Å². The average molecular weight is 340 g/mol. The van der Waals surface area contributed by atoms with Crippen LogP contribution in [0.15, 0.2) is 16.6 Å². The van der Waals surface area contributed by atoms with Gasteiger partial charge < -0.3 is 0 Å². The van der Waals surface area contributed by atoms with Gasteiger partial charge in [-0.05, 0) is 28.1 Å². The molecule has 90 valence electrons. The molecule has 0 aliphatic rings. The lowest BCUT2D eigenvalue weighted by molar-refractivity contribution is -0.134. The number of halogens is 7. The zero-order chi connectivity index (χ0) is 12.5. The fraction of sp³-hybridized carbons (Fsp3) is 0.333. The molecule has 0 fully saturated rings. The van der Waals surface area contributed by atoms with Crippen LogP contribution < -0.4 is 0 Å². The highest BCUT2D eigenvalue weighted by Gasteiger charge is 2.33. The summed E-state index contributed by atoms with van der Waals surface area (Å²) in [6.45, 7) is 0. The monoisotopic (exact) mass is 338 g/mol. The summed E-state index contributed by atoms with van der Waals surface area (Å²) >= 11 is 14.1. The Morgan fingerprint density at radius 3 is 2.38 bits per heavy atom. The third-order valence-electron chi connectivity index (χ3n) is 1.79. The van der Waals surface area contributed by atoms with E-state index in [1.807, 2.05) is 0 Å². The zero-order valence-corrected chi connectivity index (χ0v) is 10.7. The number of hydrogen-bond donors (Lipinski definition) is 0. The largest absolute Gasteiger partial charge is 0.390 e. The van der Waals surface area contributed by atoms with Crippen LogP contribution in [0, 0.1) is 5.82 Å². The molecule has 16 heavy (non-hydrogen) atoms. The van der Waals surface area contributed by atoms with Crippen molar-refractivity contribution < 1.29 is 17.6 Å². The van der Waals surface area contributed by atoms with Gasteiger partial charge >= 0.3 is 6.18 Å². The second-order valence-electron chi connectivity index (χ2n) is 3.07. The number of benzene rings is 1. The molecule has 0 N–H and O–H groups in total. The number of rotatable bonds is 2. The Morgan fingerprint density at radius 1 is 1.31 bits per heavy atom. The van der Waals surface area contributed by atoms with Crippen LogP contribution in [0.4, 0.5) is 17.6 Å². The van der Waals surface area contributed by atoms with Gasteiger partial charge in [0.15, 0.2) is 0 Å². The molecular weight excluding hydrogens is 335 g/mol. The average Bonchev–Trinajstić information content (AvgIpc) is 2.08. The van der Waals surface area contributed by atoms with Crippen LogP contribution in [-0.4, -0.2) is 6.18 Å². The van der Waals surface area contributed by atoms with E-state index in [-0.39, 0.29) is 15.1 Å². The minimum Gasteiger partial charge on any atom is -0.207 e. The van der Waals surface area contributed by atoms with Crippen molar-refractivity contribution >= 4 is 39.1 Å². The van der Waals surface area contributed by atoms with Crippen molar-refractivity contribution in [1.29, 1.82) is 0 Å². The quantitative estimate of drug-likeness (QED) is 0.380. The predicted octanol–water partition coefficient (Wildman–Crippen LogP) is 5.47. The van der Waals surface area contributed by atoms with E-state index >= 15 is 0 Å². The smallest absolute Gasteiger partial charge is 0.207 e. The highest BCUT2D eigenvalue weighted by molar-refractivity contribution is 9.10. The molecule has 0 aliphatic carbocycles. The van der Waals surface area contributed by atoms with E-state index in [9.17, 15) is 17.6 Å². The molecule has 0 saturated carbocycles. The van der Waals surface area contributed by atoms with Gasteiger partial charge in [0.2, 0.25) is 0 Å². The maximum atomic E-state index is 13.3. The standard InChI is InChI=1S/C9H5BrCl2F4/c10-5-2-8(13)4(1-6(5)11)7(12)3-9(14,15)16/h1-2,7H,3H2. The van der Waals surface area contributed by atoms with Crippen LogP contribution in [0.1, 0.15) is 17.4 Å². The van der Waals surface area contributed by atoms with Crippen LogP contribution in [0.25, 0.3) is 0 Å². The van der Waals surface area contributed by atoms with Crippen molar-refractivity contribution in [3.05, 3.63) is 33.0 Å². The Morgan fingerprint density at radius 2 is 1.88 bits per heavy atom. The second kappa shape index (κ2) is 5.10. The van der Waals surface area contributed by atoms with Crippen LogP contribution in [0.3, 0.4) is 0 Å². The molecule has 0 spiro atoms. The van der Waals surface area contributed by atoms with Gasteiger partial charge in [-0.25, -0.2) is 4.39 Å². The Kier molecular flexibility index (Phi) is 4.49. The van der Waals surface area contributed by atoms with Crippen LogP contribution >= 0.6 is 39.1 Å². The molecule has 0 aromatic heterocycles. The summed E-state index contributed by atoms with van der Waals surface area (Å²) in [5.41, 5.74) is -0.257. The van der Waals surface area contributed by atoms with Crippen LogP contribution in [0.2, 0.25) is 5.02 Å². The first kappa shape index (κ1) is 14.1.